The van der Waals surface area contributed by atoms with E-state index in [2.05, 4.69) is 15.4 Å². The van der Waals surface area contributed by atoms with Crippen LogP contribution < -0.4 is 15.1 Å². The molecule has 1 amide bonds. The summed E-state index contributed by atoms with van der Waals surface area (Å²) < 4.78 is 5.52. The number of rotatable bonds is 8. The van der Waals surface area contributed by atoms with Crippen LogP contribution in [0.4, 0.5) is 5.69 Å². The summed E-state index contributed by atoms with van der Waals surface area (Å²) in [5.74, 6) is -0.0245. The Morgan fingerprint density at radius 2 is 1.96 bits per heavy atom. The Hall–Kier alpha value is -2.44. The van der Waals surface area contributed by atoms with E-state index < -0.39 is 12.0 Å². The molecule has 2 aromatic rings. The number of nitrogens with zero attached hydrogens (tertiary/aromatic N) is 2. The molecule has 0 aliphatic heterocycles. The summed E-state index contributed by atoms with van der Waals surface area (Å²) in [7, 11) is 0. The van der Waals surface area contributed by atoms with Crippen molar-refractivity contribution < 1.29 is 14.6 Å². The molecule has 150 valence electrons. The van der Waals surface area contributed by atoms with E-state index in [0.717, 1.165) is 18.8 Å². The third kappa shape index (κ3) is 5.78. The first-order valence-corrected chi connectivity index (χ1v) is 9.63. The highest BCUT2D eigenvalue weighted by atomic mass is 35.5. The summed E-state index contributed by atoms with van der Waals surface area (Å²) >= 11 is 11.9. The topological polar surface area (TPSA) is 74.2 Å². The minimum atomic E-state index is -0.825. The van der Waals surface area contributed by atoms with E-state index in [0.29, 0.717) is 21.4 Å². The molecule has 8 heteroatoms. The second-order valence-electron chi connectivity index (χ2n) is 5.98. The number of hydrogen-bond acceptors (Lipinski definition) is 5. The van der Waals surface area contributed by atoms with Gasteiger partial charge in [0, 0.05) is 35.4 Å². The Kier molecular flexibility index (Phi) is 7.96. The first-order chi connectivity index (χ1) is 13.3. The molecule has 6 nitrogen and oxygen atoms in total. The van der Waals surface area contributed by atoms with Crippen LogP contribution in [0.1, 0.15) is 26.3 Å². The Balaban J connectivity index is 1.97. The molecule has 1 atom stereocenters. The van der Waals surface area contributed by atoms with Crippen LogP contribution in [-0.2, 0) is 4.79 Å². The fourth-order valence-corrected chi connectivity index (χ4v) is 2.95. The number of aromatic hydroxyl groups is 1. The maximum Gasteiger partial charge on any atom is 0.280 e. The van der Waals surface area contributed by atoms with Gasteiger partial charge in [-0.15, -0.1) is 0 Å². The monoisotopic (exact) mass is 423 g/mol. The van der Waals surface area contributed by atoms with Crippen molar-refractivity contribution in [1.29, 1.82) is 0 Å². The van der Waals surface area contributed by atoms with Crippen molar-refractivity contribution in [2.24, 2.45) is 5.10 Å². The van der Waals surface area contributed by atoms with E-state index >= 15 is 0 Å². The Labute approximate surface area is 174 Å². The van der Waals surface area contributed by atoms with Gasteiger partial charge in [0.25, 0.3) is 5.91 Å². The molecular weight excluding hydrogens is 401 g/mol. The number of phenols is 1. The maximum atomic E-state index is 12.1. The highest BCUT2D eigenvalue weighted by Crippen LogP contribution is 2.28. The summed E-state index contributed by atoms with van der Waals surface area (Å²) in [5.41, 5.74) is 3.80. The molecule has 0 fully saturated rings. The molecule has 2 aromatic carbocycles. The summed E-state index contributed by atoms with van der Waals surface area (Å²) in [4.78, 5) is 14.2. The lowest BCUT2D eigenvalue weighted by Crippen LogP contribution is -2.33. The van der Waals surface area contributed by atoms with E-state index in [4.69, 9.17) is 27.9 Å². The van der Waals surface area contributed by atoms with Gasteiger partial charge >= 0.3 is 0 Å². The number of nitrogens with one attached hydrogen (secondary N) is 1. The van der Waals surface area contributed by atoms with Gasteiger partial charge in [0.15, 0.2) is 6.10 Å². The first kappa shape index (κ1) is 21.9. The number of phenolic OH excluding ortho intramolecular Hbond substituents is 1. The second kappa shape index (κ2) is 10.2. The van der Waals surface area contributed by atoms with Gasteiger partial charge in [0.05, 0.1) is 11.2 Å². The lowest BCUT2D eigenvalue weighted by Gasteiger charge is -2.21. The smallest absolute Gasteiger partial charge is 0.280 e. The molecule has 0 aliphatic rings. The molecule has 0 heterocycles. The van der Waals surface area contributed by atoms with Gasteiger partial charge in [-0.1, -0.05) is 23.2 Å². The van der Waals surface area contributed by atoms with Crippen molar-refractivity contribution in [2.75, 3.05) is 18.0 Å². The summed E-state index contributed by atoms with van der Waals surface area (Å²) in [6.45, 7) is 7.36. The van der Waals surface area contributed by atoms with Crippen molar-refractivity contribution >= 4 is 41.0 Å². The molecule has 0 bridgehead atoms. The minimum absolute atomic E-state index is 0.0830. The molecule has 2 rings (SSSR count). The molecule has 28 heavy (non-hydrogen) atoms. The first-order valence-electron chi connectivity index (χ1n) is 8.88. The molecule has 0 spiro atoms. The highest BCUT2D eigenvalue weighted by Gasteiger charge is 2.16. The lowest BCUT2D eigenvalue weighted by molar-refractivity contribution is -0.127. The number of carbonyl (C=O) groups excluding carboxylic acids is 1. The van der Waals surface area contributed by atoms with E-state index in [1.54, 1.807) is 31.2 Å². The van der Waals surface area contributed by atoms with Crippen LogP contribution in [0.5, 0.6) is 11.5 Å². The van der Waals surface area contributed by atoms with Gasteiger partial charge in [-0.2, -0.15) is 5.10 Å². The van der Waals surface area contributed by atoms with Crippen LogP contribution in [0.2, 0.25) is 10.0 Å². The average molecular weight is 424 g/mol. The van der Waals surface area contributed by atoms with Crippen LogP contribution in [0.3, 0.4) is 0 Å². The Morgan fingerprint density at radius 3 is 2.57 bits per heavy atom. The van der Waals surface area contributed by atoms with Crippen molar-refractivity contribution in [3.05, 3.63) is 52.0 Å². The van der Waals surface area contributed by atoms with Gasteiger partial charge in [0.2, 0.25) is 0 Å². The van der Waals surface area contributed by atoms with Crippen molar-refractivity contribution in [1.82, 2.24) is 5.43 Å². The minimum Gasteiger partial charge on any atom is -0.507 e. The fraction of sp³-hybridized carbons (Fsp3) is 0.300. The summed E-state index contributed by atoms with van der Waals surface area (Å²) in [6.07, 6.45) is 0.552. The van der Waals surface area contributed by atoms with E-state index in [9.17, 15) is 9.90 Å². The number of anilines is 1. The number of carbonyl (C=O) groups is 1. The van der Waals surface area contributed by atoms with Gasteiger partial charge in [0.1, 0.15) is 11.5 Å². The zero-order valence-electron chi connectivity index (χ0n) is 15.9. The largest absolute Gasteiger partial charge is 0.507 e. The predicted octanol–water partition coefficient (Wildman–Crippen LogP) is 4.46. The number of halogens is 2. The van der Waals surface area contributed by atoms with Crippen LogP contribution >= 0.6 is 23.2 Å². The third-order valence-electron chi connectivity index (χ3n) is 4.09. The number of ether oxygens (including phenoxy) is 1. The van der Waals surface area contributed by atoms with Crippen LogP contribution in [0.25, 0.3) is 0 Å². The normalized spacial score (nSPS) is 12.0. The second-order valence-corrected chi connectivity index (χ2v) is 6.83. The van der Waals surface area contributed by atoms with E-state index in [1.165, 1.54) is 12.3 Å². The molecule has 0 saturated heterocycles. The average Bonchev–Trinajstić information content (AvgIpc) is 2.66. The van der Waals surface area contributed by atoms with Crippen LogP contribution in [0, 0.1) is 0 Å². The third-order valence-corrected chi connectivity index (χ3v) is 4.62. The lowest BCUT2D eigenvalue weighted by atomic mass is 10.2. The van der Waals surface area contributed by atoms with Crippen molar-refractivity contribution in [2.45, 2.75) is 26.9 Å². The van der Waals surface area contributed by atoms with Crippen LogP contribution in [0.15, 0.2) is 41.5 Å². The molecule has 0 aliphatic carbocycles. The maximum absolute atomic E-state index is 12.1. The highest BCUT2D eigenvalue weighted by molar-refractivity contribution is 6.35. The van der Waals surface area contributed by atoms with Gasteiger partial charge in [-0.05, 0) is 51.1 Å². The number of hydrogen-bond donors (Lipinski definition) is 2. The standard InChI is InChI=1S/C20H23Cl2N3O3/c1-4-25(5-2)16-8-6-14(18(26)11-16)12-23-24-20(27)13(3)28-19-9-7-15(21)10-17(19)22/h6-13,26H,4-5H2,1-3H3,(H,24,27)/b23-12+. The van der Waals surface area contributed by atoms with Gasteiger partial charge in [-0.3, -0.25) is 4.79 Å². The van der Waals surface area contributed by atoms with E-state index in [1.807, 2.05) is 19.9 Å². The molecular formula is C20H23Cl2N3O3. The summed E-state index contributed by atoms with van der Waals surface area (Å²) in [5, 5.41) is 14.8. The molecule has 0 aromatic heterocycles. The molecule has 0 radical (unpaired) electrons. The molecule has 1 unspecified atom stereocenters. The number of hydrazone groups is 1. The van der Waals surface area contributed by atoms with Crippen LogP contribution in [-0.4, -0.2) is 36.4 Å². The molecule has 0 saturated carbocycles. The number of amides is 1. The zero-order valence-corrected chi connectivity index (χ0v) is 17.5. The van der Waals surface area contributed by atoms with E-state index in [-0.39, 0.29) is 5.75 Å². The van der Waals surface area contributed by atoms with Gasteiger partial charge in [-0.25, -0.2) is 5.43 Å². The van der Waals surface area contributed by atoms with Crippen molar-refractivity contribution in [3.8, 4) is 11.5 Å². The predicted molar refractivity (Wildman–Crippen MR) is 114 cm³/mol. The Morgan fingerprint density at radius 1 is 1.25 bits per heavy atom. The zero-order chi connectivity index (χ0) is 20.7. The number of benzene rings is 2. The summed E-state index contributed by atoms with van der Waals surface area (Å²) in [6, 6.07) is 10.1. The Bertz CT molecular complexity index is 855. The fourth-order valence-electron chi connectivity index (χ4n) is 2.50. The van der Waals surface area contributed by atoms with Gasteiger partial charge < -0.3 is 14.7 Å². The van der Waals surface area contributed by atoms with Crippen molar-refractivity contribution in [3.63, 3.8) is 0 Å². The SMILES string of the molecule is CCN(CC)c1ccc(/C=N/NC(=O)C(C)Oc2ccc(Cl)cc2Cl)c(O)c1. The quantitative estimate of drug-likeness (QED) is 0.485. The molecule has 2 N–H and O–H groups in total.